The average molecular weight is 337 g/mol. The summed E-state index contributed by atoms with van der Waals surface area (Å²) in [5, 5.41) is 3.41. The van der Waals surface area contributed by atoms with E-state index in [0.29, 0.717) is 18.3 Å². The molecule has 0 aromatic carbocycles. The molecule has 2 amide bonds. The highest BCUT2D eigenvalue weighted by molar-refractivity contribution is 5.91. The number of urea groups is 1. The van der Waals surface area contributed by atoms with E-state index in [1.54, 1.807) is 4.90 Å². The van der Waals surface area contributed by atoms with E-state index in [1.165, 1.54) is 5.56 Å². The highest BCUT2D eigenvalue weighted by Crippen LogP contribution is 2.31. The van der Waals surface area contributed by atoms with E-state index in [2.05, 4.69) is 27.4 Å². The van der Waals surface area contributed by atoms with Crippen molar-refractivity contribution in [3.63, 3.8) is 0 Å². The van der Waals surface area contributed by atoms with Crippen LogP contribution in [0.4, 0.5) is 10.6 Å². The molecule has 0 unspecified atom stereocenters. The Bertz CT molecular complexity index is 785. The Morgan fingerprint density at radius 3 is 2.76 bits per heavy atom. The van der Waals surface area contributed by atoms with Gasteiger partial charge in [0.05, 0.1) is 0 Å². The number of nitrogens with one attached hydrogen (secondary N) is 1. The summed E-state index contributed by atoms with van der Waals surface area (Å²) < 4.78 is 0. The van der Waals surface area contributed by atoms with Crippen molar-refractivity contribution < 1.29 is 4.79 Å². The zero-order chi connectivity index (χ0) is 17.2. The minimum Gasteiger partial charge on any atom is -0.351 e. The maximum atomic E-state index is 11.6. The minimum atomic E-state index is -0.434. The third-order valence-corrected chi connectivity index (χ3v) is 5.20. The predicted molar refractivity (Wildman–Crippen MR) is 97.6 cm³/mol. The van der Waals surface area contributed by atoms with E-state index in [0.717, 1.165) is 55.5 Å². The number of primary amides is 1. The van der Waals surface area contributed by atoms with Crippen LogP contribution >= 0.6 is 0 Å². The molecule has 25 heavy (non-hydrogen) atoms. The van der Waals surface area contributed by atoms with Gasteiger partial charge in [0.15, 0.2) is 0 Å². The predicted octanol–water partition coefficient (Wildman–Crippen LogP) is 2.44. The highest BCUT2D eigenvalue weighted by Gasteiger charge is 2.23. The molecule has 6 nitrogen and oxygen atoms in total. The maximum Gasteiger partial charge on any atom is 0.320 e. The first kappa shape index (κ1) is 16.0. The summed E-state index contributed by atoms with van der Waals surface area (Å²) in [7, 11) is 0. The fraction of sp³-hybridized carbons (Fsp3) is 0.421. The summed E-state index contributed by atoms with van der Waals surface area (Å²) in [6.07, 6.45) is 9.84. The smallest absolute Gasteiger partial charge is 0.320 e. The Kier molecular flexibility index (Phi) is 4.36. The van der Waals surface area contributed by atoms with E-state index in [9.17, 15) is 4.79 Å². The van der Waals surface area contributed by atoms with Crippen LogP contribution in [0.3, 0.4) is 0 Å². The Balaban J connectivity index is 1.65. The van der Waals surface area contributed by atoms with Crippen LogP contribution < -0.4 is 16.0 Å². The van der Waals surface area contributed by atoms with Gasteiger partial charge in [-0.05, 0) is 68.0 Å². The molecule has 2 aliphatic rings. The third-order valence-electron chi connectivity index (χ3n) is 5.20. The molecule has 1 fully saturated rings. The summed E-state index contributed by atoms with van der Waals surface area (Å²) in [6, 6.07) is 3.93. The van der Waals surface area contributed by atoms with E-state index in [1.807, 2.05) is 18.6 Å². The number of carbonyl (C=O) groups excluding carboxylic acids is 1. The average Bonchev–Trinajstić information content (AvgIpc) is 2.68. The van der Waals surface area contributed by atoms with E-state index >= 15 is 0 Å². The molecule has 130 valence electrons. The van der Waals surface area contributed by atoms with Crippen LogP contribution in [-0.2, 0) is 6.42 Å². The number of anilines is 1. The van der Waals surface area contributed by atoms with Crippen molar-refractivity contribution in [2.45, 2.75) is 31.6 Å². The summed E-state index contributed by atoms with van der Waals surface area (Å²) in [5.74, 6) is 1.27. The number of aromatic nitrogens is 2. The standard InChI is InChI=1S/C19H23N5O/c20-19(25)24-7-1-2-14-8-17(12-23-18(14)24)16-9-15(10-22-11-16)13-3-5-21-6-4-13/h8-13,21H,1-7H2,(H2,20,25). The number of fused-ring (bicyclic) bond motifs is 1. The van der Waals surface area contributed by atoms with Crippen molar-refractivity contribution in [3.05, 3.63) is 41.9 Å². The third kappa shape index (κ3) is 3.22. The molecule has 2 aliphatic heterocycles. The molecule has 1 saturated heterocycles. The molecule has 2 aromatic heterocycles. The molecule has 4 heterocycles. The Morgan fingerprint density at radius 1 is 1.16 bits per heavy atom. The zero-order valence-corrected chi connectivity index (χ0v) is 14.2. The zero-order valence-electron chi connectivity index (χ0n) is 14.2. The molecule has 0 atom stereocenters. The van der Waals surface area contributed by atoms with Gasteiger partial charge in [0, 0.05) is 36.3 Å². The van der Waals surface area contributed by atoms with Crippen LogP contribution in [0.5, 0.6) is 0 Å². The molecule has 6 heteroatoms. The lowest BCUT2D eigenvalue weighted by Gasteiger charge is -2.27. The second-order valence-corrected chi connectivity index (χ2v) is 6.83. The number of hydrogen-bond acceptors (Lipinski definition) is 4. The van der Waals surface area contributed by atoms with E-state index < -0.39 is 6.03 Å². The SMILES string of the molecule is NC(=O)N1CCCc2cc(-c3cncc(C4CCNCC4)c3)cnc21. The molecule has 0 saturated carbocycles. The monoisotopic (exact) mass is 337 g/mol. The van der Waals surface area contributed by atoms with Gasteiger partial charge >= 0.3 is 6.03 Å². The van der Waals surface area contributed by atoms with Crippen LogP contribution in [0.15, 0.2) is 30.7 Å². The summed E-state index contributed by atoms with van der Waals surface area (Å²) in [6.45, 7) is 2.78. The number of pyridine rings is 2. The molecular formula is C19H23N5O. The van der Waals surface area contributed by atoms with Crippen molar-refractivity contribution in [3.8, 4) is 11.1 Å². The van der Waals surface area contributed by atoms with Crippen molar-refractivity contribution >= 4 is 11.8 Å². The van der Waals surface area contributed by atoms with Crippen LogP contribution in [0, 0.1) is 0 Å². The van der Waals surface area contributed by atoms with Gasteiger partial charge < -0.3 is 11.1 Å². The molecule has 0 radical (unpaired) electrons. The number of aryl methyl sites for hydroxylation is 1. The molecule has 0 aliphatic carbocycles. The van der Waals surface area contributed by atoms with Crippen molar-refractivity contribution in [2.24, 2.45) is 5.73 Å². The minimum absolute atomic E-state index is 0.434. The number of amides is 2. The van der Waals surface area contributed by atoms with E-state index in [4.69, 9.17) is 5.73 Å². The molecule has 0 spiro atoms. The second kappa shape index (κ2) is 6.80. The number of piperidine rings is 1. The molecule has 2 aromatic rings. The quantitative estimate of drug-likeness (QED) is 0.881. The molecule has 4 rings (SSSR count). The van der Waals surface area contributed by atoms with Crippen LogP contribution in [0.25, 0.3) is 11.1 Å². The van der Waals surface area contributed by atoms with Gasteiger partial charge in [0.25, 0.3) is 0 Å². The maximum absolute atomic E-state index is 11.6. The first-order chi connectivity index (χ1) is 12.2. The molecule has 0 bridgehead atoms. The topological polar surface area (TPSA) is 84.1 Å². The van der Waals surface area contributed by atoms with Gasteiger partial charge in [0.2, 0.25) is 0 Å². The fourth-order valence-electron chi connectivity index (χ4n) is 3.83. The number of nitrogens with zero attached hydrogens (tertiary/aromatic N) is 3. The normalized spacial score (nSPS) is 18.0. The Labute approximate surface area is 147 Å². The van der Waals surface area contributed by atoms with Gasteiger partial charge in [-0.1, -0.05) is 0 Å². The Hall–Kier alpha value is -2.47. The Morgan fingerprint density at radius 2 is 1.96 bits per heavy atom. The van der Waals surface area contributed by atoms with Crippen molar-refractivity contribution in [2.75, 3.05) is 24.5 Å². The lowest BCUT2D eigenvalue weighted by molar-refractivity contribution is 0.253. The number of nitrogens with two attached hydrogens (primary N) is 1. The van der Waals surface area contributed by atoms with E-state index in [-0.39, 0.29) is 0 Å². The lowest BCUT2D eigenvalue weighted by atomic mass is 9.90. The van der Waals surface area contributed by atoms with Crippen LogP contribution in [0.1, 0.15) is 36.3 Å². The van der Waals surface area contributed by atoms with Gasteiger partial charge in [-0.2, -0.15) is 0 Å². The van der Waals surface area contributed by atoms with Gasteiger partial charge in [-0.3, -0.25) is 9.88 Å². The van der Waals surface area contributed by atoms with Crippen molar-refractivity contribution in [1.29, 1.82) is 0 Å². The molecule has 3 N–H and O–H groups in total. The lowest BCUT2D eigenvalue weighted by Crippen LogP contribution is -2.40. The van der Waals surface area contributed by atoms with Crippen LogP contribution in [0.2, 0.25) is 0 Å². The summed E-state index contributed by atoms with van der Waals surface area (Å²) >= 11 is 0. The summed E-state index contributed by atoms with van der Waals surface area (Å²) in [4.78, 5) is 22.1. The first-order valence-electron chi connectivity index (χ1n) is 8.94. The largest absolute Gasteiger partial charge is 0.351 e. The van der Waals surface area contributed by atoms with Crippen molar-refractivity contribution in [1.82, 2.24) is 15.3 Å². The fourth-order valence-corrected chi connectivity index (χ4v) is 3.83. The second-order valence-electron chi connectivity index (χ2n) is 6.83. The van der Waals surface area contributed by atoms with Crippen LogP contribution in [-0.4, -0.2) is 35.6 Å². The number of hydrogen-bond donors (Lipinski definition) is 2. The van der Waals surface area contributed by atoms with Gasteiger partial charge in [0.1, 0.15) is 5.82 Å². The van der Waals surface area contributed by atoms with Gasteiger partial charge in [-0.25, -0.2) is 9.78 Å². The number of rotatable bonds is 2. The first-order valence-corrected chi connectivity index (χ1v) is 8.94. The molecular weight excluding hydrogens is 314 g/mol. The number of carbonyl (C=O) groups is 1. The summed E-state index contributed by atoms with van der Waals surface area (Å²) in [5.41, 5.74) is 9.98. The van der Waals surface area contributed by atoms with Gasteiger partial charge in [-0.15, -0.1) is 0 Å². The highest BCUT2D eigenvalue weighted by atomic mass is 16.2.